The fraction of sp³-hybridized carbons (Fsp3) is 0.517. The highest BCUT2D eigenvalue weighted by molar-refractivity contribution is 5.87. The van der Waals surface area contributed by atoms with Gasteiger partial charge in [-0.25, -0.2) is 0 Å². The first-order valence-corrected chi connectivity index (χ1v) is 13.7. The summed E-state index contributed by atoms with van der Waals surface area (Å²) in [6, 6.07) is 5.03. The number of nitrogens with one attached hydrogen (secondary N) is 1. The van der Waals surface area contributed by atoms with Crippen molar-refractivity contribution in [2.75, 3.05) is 33.3 Å². The van der Waals surface area contributed by atoms with E-state index in [1.54, 1.807) is 0 Å². The van der Waals surface area contributed by atoms with E-state index in [1.165, 1.54) is 18.1 Å². The topological polar surface area (TPSA) is 96.5 Å². The molecule has 1 unspecified atom stereocenters. The predicted octanol–water partition coefficient (Wildman–Crippen LogP) is 3.84. The zero-order valence-electron chi connectivity index (χ0n) is 22.3. The maximum Gasteiger partial charge on any atom is 0.316 e. The molecule has 0 aliphatic carbocycles. The molecule has 3 aromatic rings. The van der Waals surface area contributed by atoms with Gasteiger partial charge in [-0.15, -0.1) is 0 Å². The van der Waals surface area contributed by atoms with Gasteiger partial charge in [0.15, 0.2) is 0 Å². The number of rotatable bonds is 6. The maximum atomic E-state index is 12.1. The van der Waals surface area contributed by atoms with Gasteiger partial charge in [0, 0.05) is 42.4 Å². The third kappa shape index (κ3) is 4.69. The Labute approximate surface area is 223 Å². The van der Waals surface area contributed by atoms with Crippen molar-refractivity contribution in [2.45, 2.75) is 63.7 Å². The lowest BCUT2D eigenvalue weighted by atomic mass is 9.87. The Kier molecular flexibility index (Phi) is 6.88. The fourth-order valence-corrected chi connectivity index (χ4v) is 6.30. The van der Waals surface area contributed by atoms with Gasteiger partial charge in [-0.1, -0.05) is 12.6 Å². The van der Waals surface area contributed by atoms with E-state index >= 15 is 0 Å². The second-order valence-electron chi connectivity index (χ2n) is 10.8. The van der Waals surface area contributed by atoms with E-state index in [0.717, 1.165) is 59.2 Å². The minimum Gasteiger partial charge on any atom is -0.462 e. The zero-order valence-corrected chi connectivity index (χ0v) is 22.3. The van der Waals surface area contributed by atoms with Crippen molar-refractivity contribution < 1.29 is 14.3 Å². The summed E-state index contributed by atoms with van der Waals surface area (Å²) in [5.74, 6) is 0.226. The van der Waals surface area contributed by atoms with E-state index in [1.807, 2.05) is 11.1 Å². The quantitative estimate of drug-likeness (QED) is 0.497. The van der Waals surface area contributed by atoms with E-state index in [2.05, 4.69) is 47.8 Å². The average Bonchev–Trinajstić information content (AvgIpc) is 3.59. The number of piperidine rings is 1. The van der Waals surface area contributed by atoms with Gasteiger partial charge in [0.05, 0.1) is 35.8 Å². The minimum absolute atomic E-state index is 0.00663. The molecule has 2 fully saturated rings. The molecular formula is C29H36N6O3. The molecule has 2 atom stereocenters. The van der Waals surface area contributed by atoms with E-state index in [0.29, 0.717) is 44.8 Å². The van der Waals surface area contributed by atoms with Crippen LogP contribution in [0.2, 0.25) is 0 Å². The highest BCUT2D eigenvalue weighted by Gasteiger charge is 2.33. The molecule has 2 aromatic heterocycles. The van der Waals surface area contributed by atoms with E-state index in [9.17, 15) is 4.79 Å². The van der Waals surface area contributed by atoms with Gasteiger partial charge < -0.3 is 19.3 Å². The SMILES string of the molecule is C=CC(=O)N1CCC(c2nc(OC[C@@H]3CCCN3C)nc3c2COC(c2c(C)ccc4[nH]ncc24)C3)CC1. The third-order valence-electron chi connectivity index (χ3n) is 8.56. The first-order valence-electron chi connectivity index (χ1n) is 13.7. The number of carbonyl (C=O) groups is 1. The normalized spacial score (nSPS) is 22.5. The van der Waals surface area contributed by atoms with Crippen molar-refractivity contribution in [3.63, 3.8) is 0 Å². The van der Waals surface area contributed by atoms with Crippen LogP contribution in [-0.4, -0.2) is 75.2 Å². The Morgan fingerprint density at radius 1 is 1.24 bits per heavy atom. The molecule has 1 aromatic carbocycles. The van der Waals surface area contributed by atoms with Crippen LogP contribution in [0, 0.1) is 6.92 Å². The average molecular weight is 517 g/mol. The molecule has 0 bridgehead atoms. The van der Waals surface area contributed by atoms with E-state index in [-0.39, 0.29) is 17.9 Å². The summed E-state index contributed by atoms with van der Waals surface area (Å²) in [6.45, 7) is 9.31. The van der Waals surface area contributed by atoms with Crippen molar-refractivity contribution >= 4 is 16.8 Å². The van der Waals surface area contributed by atoms with Crippen LogP contribution in [0.1, 0.15) is 65.8 Å². The molecular weight excluding hydrogens is 480 g/mol. The largest absolute Gasteiger partial charge is 0.462 e. The van der Waals surface area contributed by atoms with Crippen LogP contribution < -0.4 is 4.74 Å². The first-order chi connectivity index (χ1) is 18.5. The molecule has 1 N–H and O–H groups in total. The standard InChI is InChI=1S/C29H36N6O3/c1-4-26(36)35-12-9-19(10-13-35)28-22-17-37-25(27-18(2)7-8-23-21(27)15-30-33-23)14-24(22)31-29(32-28)38-16-20-6-5-11-34(20)3/h4,7-8,15,19-20,25H,1,5-6,9-14,16-17H2,2-3H3,(H,30,33)/t20-,25?/m0/s1. The van der Waals surface area contributed by atoms with Gasteiger partial charge in [0.1, 0.15) is 6.61 Å². The number of hydrogen-bond donors (Lipinski definition) is 1. The molecule has 0 radical (unpaired) electrons. The summed E-state index contributed by atoms with van der Waals surface area (Å²) in [7, 11) is 2.15. The summed E-state index contributed by atoms with van der Waals surface area (Å²) >= 11 is 0. The van der Waals surface area contributed by atoms with Crippen LogP contribution in [0.5, 0.6) is 6.01 Å². The van der Waals surface area contributed by atoms with Crippen molar-refractivity contribution in [3.05, 3.63) is 59.1 Å². The number of ether oxygens (including phenoxy) is 2. The van der Waals surface area contributed by atoms with Gasteiger partial charge in [0.2, 0.25) is 5.91 Å². The van der Waals surface area contributed by atoms with Crippen LogP contribution in [-0.2, 0) is 22.6 Å². The molecule has 9 heteroatoms. The van der Waals surface area contributed by atoms with Crippen molar-refractivity contribution in [1.29, 1.82) is 0 Å². The third-order valence-corrected chi connectivity index (χ3v) is 8.56. The molecule has 3 aliphatic heterocycles. The number of carbonyl (C=O) groups excluding carboxylic acids is 1. The number of amides is 1. The van der Waals surface area contributed by atoms with Crippen molar-refractivity contribution in [2.24, 2.45) is 0 Å². The number of H-pyrrole nitrogens is 1. The van der Waals surface area contributed by atoms with Crippen LogP contribution in [0.3, 0.4) is 0 Å². The molecule has 0 saturated carbocycles. The Morgan fingerprint density at radius 2 is 2.08 bits per heavy atom. The molecule has 0 spiro atoms. The Balaban J connectivity index is 1.31. The lowest BCUT2D eigenvalue weighted by Crippen LogP contribution is -2.37. The second kappa shape index (κ2) is 10.5. The van der Waals surface area contributed by atoms with Crippen molar-refractivity contribution in [3.8, 4) is 6.01 Å². The fourth-order valence-electron chi connectivity index (χ4n) is 6.30. The van der Waals surface area contributed by atoms with Crippen LogP contribution in [0.4, 0.5) is 0 Å². The number of aromatic amines is 1. The number of hydrogen-bond acceptors (Lipinski definition) is 7. The summed E-state index contributed by atoms with van der Waals surface area (Å²) in [5.41, 5.74) is 6.46. The van der Waals surface area contributed by atoms with Crippen LogP contribution in [0.25, 0.3) is 10.9 Å². The molecule has 6 rings (SSSR count). The summed E-state index contributed by atoms with van der Waals surface area (Å²) in [6.07, 6.45) is 7.85. The number of aromatic nitrogens is 4. The lowest BCUT2D eigenvalue weighted by Gasteiger charge is -2.34. The number of nitrogens with zero attached hydrogens (tertiary/aromatic N) is 5. The maximum absolute atomic E-state index is 12.1. The minimum atomic E-state index is -0.118. The smallest absolute Gasteiger partial charge is 0.316 e. The number of aryl methyl sites for hydroxylation is 1. The number of benzene rings is 1. The first kappa shape index (κ1) is 25.0. The Bertz CT molecular complexity index is 1350. The zero-order chi connectivity index (χ0) is 26.2. The Hall–Kier alpha value is -3.30. The molecule has 200 valence electrons. The van der Waals surface area contributed by atoms with Gasteiger partial charge in [-0.2, -0.15) is 15.1 Å². The molecule has 38 heavy (non-hydrogen) atoms. The van der Waals surface area contributed by atoms with Gasteiger partial charge in [-0.05, 0) is 69.5 Å². The number of likely N-dealkylation sites (tertiary alicyclic amines) is 2. The second-order valence-corrected chi connectivity index (χ2v) is 10.8. The molecule has 9 nitrogen and oxygen atoms in total. The lowest BCUT2D eigenvalue weighted by molar-refractivity contribution is -0.127. The van der Waals surface area contributed by atoms with E-state index < -0.39 is 0 Å². The van der Waals surface area contributed by atoms with Gasteiger partial charge >= 0.3 is 6.01 Å². The highest BCUT2D eigenvalue weighted by atomic mass is 16.5. The molecule has 3 aliphatic rings. The van der Waals surface area contributed by atoms with Crippen LogP contribution >= 0.6 is 0 Å². The van der Waals surface area contributed by atoms with E-state index in [4.69, 9.17) is 19.4 Å². The van der Waals surface area contributed by atoms with Gasteiger partial charge in [0.25, 0.3) is 0 Å². The predicted molar refractivity (Wildman–Crippen MR) is 144 cm³/mol. The molecule has 5 heterocycles. The number of likely N-dealkylation sites (N-methyl/N-ethyl adjacent to an activating group) is 1. The van der Waals surface area contributed by atoms with Gasteiger partial charge in [-0.3, -0.25) is 9.89 Å². The summed E-state index contributed by atoms with van der Waals surface area (Å²) < 4.78 is 12.8. The summed E-state index contributed by atoms with van der Waals surface area (Å²) in [4.78, 5) is 26.3. The molecule has 2 saturated heterocycles. The summed E-state index contributed by atoms with van der Waals surface area (Å²) in [5, 5.41) is 8.43. The monoisotopic (exact) mass is 516 g/mol. The molecule has 1 amide bonds. The Morgan fingerprint density at radius 3 is 2.84 bits per heavy atom. The number of fused-ring (bicyclic) bond motifs is 2. The highest BCUT2D eigenvalue weighted by Crippen LogP contribution is 2.39. The van der Waals surface area contributed by atoms with Crippen LogP contribution in [0.15, 0.2) is 31.0 Å². The van der Waals surface area contributed by atoms with Crippen molar-refractivity contribution in [1.82, 2.24) is 30.0 Å².